The molecule has 0 saturated carbocycles. The van der Waals surface area contributed by atoms with Gasteiger partial charge in [0.15, 0.2) is 11.9 Å². The number of ether oxygens (including phenoxy) is 2. The quantitative estimate of drug-likeness (QED) is 0.696. The van der Waals surface area contributed by atoms with Gasteiger partial charge in [0.2, 0.25) is 0 Å². The summed E-state index contributed by atoms with van der Waals surface area (Å²) in [5.41, 5.74) is 0. The van der Waals surface area contributed by atoms with E-state index in [0.29, 0.717) is 24.7 Å². The minimum Gasteiger partial charge on any atom is -0.481 e. The molecular formula is C17H18N2O3. The second kappa shape index (κ2) is 6.58. The van der Waals surface area contributed by atoms with Crippen molar-refractivity contribution in [3.63, 3.8) is 0 Å². The molecule has 0 aliphatic carbocycles. The van der Waals surface area contributed by atoms with Gasteiger partial charge in [-0.3, -0.25) is 0 Å². The number of aromatic nitrogens is 2. The maximum absolute atomic E-state index is 5.90. The summed E-state index contributed by atoms with van der Waals surface area (Å²) in [6.45, 7) is 2.46. The SMILES string of the molecule is COCCc1noc(C(C)Oc2ccc3ccccc3c2)n1. The average molecular weight is 298 g/mol. The Morgan fingerprint density at radius 2 is 1.95 bits per heavy atom. The van der Waals surface area contributed by atoms with Crippen molar-refractivity contribution in [2.45, 2.75) is 19.4 Å². The first-order chi connectivity index (χ1) is 10.8. The number of hydrogen-bond donors (Lipinski definition) is 0. The number of methoxy groups -OCH3 is 1. The van der Waals surface area contributed by atoms with Crippen molar-refractivity contribution >= 4 is 10.8 Å². The van der Waals surface area contributed by atoms with Crippen LogP contribution in [0.25, 0.3) is 10.8 Å². The normalized spacial score (nSPS) is 12.5. The Morgan fingerprint density at radius 3 is 2.77 bits per heavy atom. The highest BCUT2D eigenvalue weighted by Crippen LogP contribution is 2.25. The maximum atomic E-state index is 5.90. The molecule has 0 aliphatic rings. The van der Waals surface area contributed by atoms with Crippen LogP contribution < -0.4 is 4.74 Å². The highest BCUT2D eigenvalue weighted by Gasteiger charge is 2.16. The second-order valence-electron chi connectivity index (χ2n) is 5.06. The lowest BCUT2D eigenvalue weighted by molar-refractivity contribution is 0.175. The molecule has 0 aliphatic heterocycles. The van der Waals surface area contributed by atoms with E-state index in [9.17, 15) is 0 Å². The van der Waals surface area contributed by atoms with Crippen molar-refractivity contribution in [1.82, 2.24) is 10.1 Å². The fraction of sp³-hybridized carbons (Fsp3) is 0.294. The molecule has 3 aromatic rings. The minimum absolute atomic E-state index is 0.301. The molecule has 5 heteroatoms. The number of fused-ring (bicyclic) bond motifs is 1. The Kier molecular flexibility index (Phi) is 4.34. The van der Waals surface area contributed by atoms with Crippen molar-refractivity contribution in [2.75, 3.05) is 13.7 Å². The van der Waals surface area contributed by atoms with Crippen LogP contribution in [-0.4, -0.2) is 23.9 Å². The van der Waals surface area contributed by atoms with E-state index < -0.39 is 0 Å². The van der Waals surface area contributed by atoms with Crippen LogP contribution in [0.15, 0.2) is 47.0 Å². The second-order valence-corrected chi connectivity index (χ2v) is 5.06. The standard InChI is InChI=1S/C17H18N2O3/c1-12(17-18-16(19-22-17)9-10-20-2)21-15-8-7-13-5-3-4-6-14(13)11-15/h3-8,11-12H,9-10H2,1-2H3. The molecule has 0 amide bonds. The number of rotatable bonds is 6. The van der Waals surface area contributed by atoms with Gasteiger partial charge in [-0.2, -0.15) is 4.98 Å². The van der Waals surface area contributed by atoms with E-state index in [4.69, 9.17) is 14.0 Å². The van der Waals surface area contributed by atoms with Crippen molar-refractivity contribution in [3.05, 3.63) is 54.2 Å². The highest BCUT2D eigenvalue weighted by atomic mass is 16.5. The zero-order chi connectivity index (χ0) is 15.4. The molecule has 2 aromatic carbocycles. The van der Waals surface area contributed by atoms with Crippen LogP contribution >= 0.6 is 0 Å². The van der Waals surface area contributed by atoms with Crippen LogP contribution in [-0.2, 0) is 11.2 Å². The molecule has 1 heterocycles. The molecule has 0 N–H and O–H groups in total. The molecule has 0 fully saturated rings. The first kappa shape index (κ1) is 14.5. The number of nitrogens with zero attached hydrogens (tertiary/aromatic N) is 2. The first-order valence-corrected chi connectivity index (χ1v) is 7.23. The van der Waals surface area contributed by atoms with Gasteiger partial charge >= 0.3 is 0 Å². The van der Waals surface area contributed by atoms with Crippen LogP contribution in [0, 0.1) is 0 Å². The third-order valence-corrected chi connectivity index (χ3v) is 3.40. The predicted octanol–water partition coefficient (Wildman–Crippen LogP) is 3.55. The molecule has 22 heavy (non-hydrogen) atoms. The maximum Gasteiger partial charge on any atom is 0.267 e. The van der Waals surface area contributed by atoms with Gasteiger partial charge in [-0.05, 0) is 29.8 Å². The Bertz CT molecular complexity index is 754. The molecule has 1 unspecified atom stereocenters. The Balaban J connectivity index is 1.71. The van der Waals surface area contributed by atoms with E-state index >= 15 is 0 Å². The van der Waals surface area contributed by atoms with Crippen molar-refractivity contribution in [2.24, 2.45) is 0 Å². The summed E-state index contributed by atoms with van der Waals surface area (Å²) in [6, 6.07) is 14.1. The first-order valence-electron chi connectivity index (χ1n) is 7.23. The molecule has 114 valence electrons. The Morgan fingerprint density at radius 1 is 1.14 bits per heavy atom. The lowest BCUT2D eigenvalue weighted by atomic mass is 10.1. The van der Waals surface area contributed by atoms with Gasteiger partial charge in [0.1, 0.15) is 5.75 Å². The zero-order valence-corrected chi connectivity index (χ0v) is 12.7. The number of hydrogen-bond acceptors (Lipinski definition) is 5. The van der Waals surface area contributed by atoms with Gasteiger partial charge in [-0.15, -0.1) is 0 Å². The largest absolute Gasteiger partial charge is 0.481 e. The van der Waals surface area contributed by atoms with Gasteiger partial charge < -0.3 is 14.0 Å². The van der Waals surface area contributed by atoms with E-state index in [2.05, 4.69) is 22.3 Å². The Labute approximate surface area is 128 Å². The highest BCUT2D eigenvalue weighted by molar-refractivity contribution is 5.83. The van der Waals surface area contributed by atoms with Gasteiger partial charge in [0.05, 0.1) is 6.61 Å². The van der Waals surface area contributed by atoms with Gasteiger partial charge in [-0.1, -0.05) is 35.5 Å². The van der Waals surface area contributed by atoms with Crippen LogP contribution in [0.1, 0.15) is 24.7 Å². The Hall–Kier alpha value is -2.40. The lowest BCUT2D eigenvalue weighted by Crippen LogP contribution is -2.04. The predicted molar refractivity (Wildman–Crippen MR) is 82.9 cm³/mol. The summed E-state index contributed by atoms with van der Waals surface area (Å²) in [4.78, 5) is 4.32. The average Bonchev–Trinajstić information content (AvgIpc) is 3.02. The molecule has 0 spiro atoms. The molecular weight excluding hydrogens is 280 g/mol. The van der Waals surface area contributed by atoms with Crippen molar-refractivity contribution < 1.29 is 14.0 Å². The smallest absolute Gasteiger partial charge is 0.267 e. The van der Waals surface area contributed by atoms with E-state index in [1.165, 1.54) is 5.39 Å². The molecule has 0 bridgehead atoms. The third-order valence-electron chi connectivity index (χ3n) is 3.40. The molecule has 0 saturated heterocycles. The summed E-state index contributed by atoms with van der Waals surface area (Å²) in [5, 5.41) is 6.24. The summed E-state index contributed by atoms with van der Waals surface area (Å²) >= 11 is 0. The summed E-state index contributed by atoms with van der Waals surface area (Å²) in [5.74, 6) is 1.88. The molecule has 5 nitrogen and oxygen atoms in total. The molecule has 1 aromatic heterocycles. The minimum atomic E-state index is -0.301. The molecule has 1 atom stereocenters. The zero-order valence-electron chi connectivity index (χ0n) is 12.7. The monoisotopic (exact) mass is 298 g/mol. The van der Waals surface area contributed by atoms with E-state index in [1.54, 1.807) is 7.11 Å². The van der Waals surface area contributed by atoms with E-state index in [0.717, 1.165) is 11.1 Å². The van der Waals surface area contributed by atoms with Gasteiger partial charge in [0.25, 0.3) is 5.89 Å². The molecule has 0 radical (unpaired) electrons. The molecule has 3 rings (SSSR count). The number of benzene rings is 2. The topological polar surface area (TPSA) is 57.4 Å². The van der Waals surface area contributed by atoms with Crippen LogP contribution in [0.2, 0.25) is 0 Å². The third kappa shape index (κ3) is 3.26. The fourth-order valence-corrected chi connectivity index (χ4v) is 2.22. The fourth-order valence-electron chi connectivity index (χ4n) is 2.22. The van der Waals surface area contributed by atoms with E-state index in [1.807, 2.05) is 37.3 Å². The van der Waals surface area contributed by atoms with Crippen LogP contribution in [0.5, 0.6) is 5.75 Å². The van der Waals surface area contributed by atoms with Crippen LogP contribution in [0.3, 0.4) is 0 Å². The van der Waals surface area contributed by atoms with Crippen molar-refractivity contribution in [3.8, 4) is 5.75 Å². The van der Waals surface area contributed by atoms with E-state index in [-0.39, 0.29) is 6.10 Å². The lowest BCUT2D eigenvalue weighted by Gasteiger charge is -2.11. The summed E-state index contributed by atoms with van der Waals surface area (Å²) < 4.78 is 16.1. The van der Waals surface area contributed by atoms with Crippen molar-refractivity contribution in [1.29, 1.82) is 0 Å². The van der Waals surface area contributed by atoms with Crippen LogP contribution in [0.4, 0.5) is 0 Å². The summed E-state index contributed by atoms with van der Waals surface area (Å²) in [6.07, 6.45) is 0.327. The van der Waals surface area contributed by atoms with Gasteiger partial charge in [-0.25, -0.2) is 0 Å². The summed E-state index contributed by atoms with van der Waals surface area (Å²) in [7, 11) is 1.65. The van der Waals surface area contributed by atoms with Gasteiger partial charge in [0, 0.05) is 13.5 Å².